The molecule has 3 saturated heterocycles. The van der Waals surface area contributed by atoms with Gasteiger partial charge in [-0.05, 0) is 31.2 Å². The van der Waals surface area contributed by atoms with E-state index in [4.69, 9.17) is 4.74 Å². The van der Waals surface area contributed by atoms with E-state index in [1.54, 1.807) is 0 Å². The number of ether oxygens (including phenoxy) is 1. The number of likely N-dealkylation sites (tertiary alicyclic amines) is 2. The minimum atomic E-state index is -0.123. The number of benzene rings is 1. The lowest BCUT2D eigenvalue weighted by atomic mass is 9.71. The molecule has 1 atom stereocenters. The van der Waals surface area contributed by atoms with Gasteiger partial charge in [-0.2, -0.15) is 0 Å². The summed E-state index contributed by atoms with van der Waals surface area (Å²) in [6, 6.07) is 9.85. The Kier molecular flexibility index (Phi) is 5.34. The Morgan fingerprint density at radius 2 is 1.78 bits per heavy atom. The lowest BCUT2D eigenvalue weighted by molar-refractivity contribution is -0.139. The number of urea groups is 1. The predicted molar refractivity (Wildman–Crippen MR) is 102 cm³/mol. The van der Waals surface area contributed by atoms with Crippen molar-refractivity contribution in [3.05, 3.63) is 35.9 Å². The lowest BCUT2D eigenvalue weighted by Gasteiger charge is -2.38. The van der Waals surface area contributed by atoms with Gasteiger partial charge in [-0.15, -0.1) is 0 Å². The van der Waals surface area contributed by atoms with Gasteiger partial charge >= 0.3 is 6.03 Å². The summed E-state index contributed by atoms with van der Waals surface area (Å²) in [5.41, 5.74) is 0.956. The van der Waals surface area contributed by atoms with Gasteiger partial charge in [-0.1, -0.05) is 30.3 Å². The van der Waals surface area contributed by atoms with Crippen molar-refractivity contribution in [1.29, 1.82) is 0 Å². The molecule has 6 nitrogen and oxygen atoms in total. The Bertz CT molecular complexity index is 667. The lowest BCUT2D eigenvalue weighted by Crippen LogP contribution is -2.45. The maximum absolute atomic E-state index is 13.2. The molecular weight excluding hydrogens is 342 g/mol. The van der Waals surface area contributed by atoms with Crippen molar-refractivity contribution in [3.8, 4) is 0 Å². The molecule has 0 aromatic heterocycles. The molecule has 0 bridgehead atoms. The first kappa shape index (κ1) is 18.3. The first-order valence-electron chi connectivity index (χ1n) is 10.1. The normalized spacial score (nSPS) is 24.4. The van der Waals surface area contributed by atoms with E-state index in [9.17, 15) is 9.59 Å². The van der Waals surface area contributed by atoms with Crippen molar-refractivity contribution in [2.45, 2.75) is 32.2 Å². The van der Waals surface area contributed by atoms with Crippen LogP contribution < -0.4 is 5.32 Å². The van der Waals surface area contributed by atoms with Crippen LogP contribution in [0.5, 0.6) is 0 Å². The quantitative estimate of drug-likeness (QED) is 0.886. The van der Waals surface area contributed by atoms with Gasteiger partial charge in [-0.25, -0.2) is 4.79 Å². The smallest absolute Gasteiger partial charge is 0.317 e. The van der Waals surface area contributed by atoms with Crippen molar-refractivity contribution in [2.75, 3.05) is 39.4 Å². The molecule has 1 aromatic rings. The van der Waals surface area contributed by atoms with Crippen LogP contribution >= 0.6 is 0 Å². The highest BCUT2D eigenvalue weighted by Gasteiger charge is 2.52. The topological polar surface area (TPSA) is 61.9 Å². The molecule has 1 N–H and O–H groups in total. The zero-order chi connectivity index (χ0) is 18.7. The van der Waals surface area contributed by atoms with Crippen LogP contribution in [-0.4, -0.2) is 61.1 Å². The molecule has 3 amide bonds. The van der Waals surface area contributed by atoms with E-state index in [0.717, 1.165) is 44.3 Å². The van der Waals surface area contributed by atoms with Gasteiger partial charge in [0.1, 0.15) is 0 Å². The van der Waals surface area contributed by atoms with E-state index in [-0.39, 0.29) is 23.3 Å². The molecule has 146 valence electrons. The molecule has 0 aliphatic carbocycles. The van der Waals surface area contributed by atoms with E-state index >= 15 is 0 Å². The molecule has 27 heavy (non-hydrogen) atoms. The van der Waals surface area contributed by atoms with Gasteiger partial charge in [-0.3, -0.25) is 4.79 Å². The Labute approximate surface area is 160 Å². The fourth-order valence-electron chi connectivity index (χ4n) is 4.79. The number of hydrogen-bond acceptors (Lipinski definition) is 3. The number of carbonyl (C=O) groups is 2. The van der Waals surface area contributed by atoms with Crippen molar-refractivity contribution in [2.24, 2.45) is 11.3 Å². The second kappa shape index (κ2) is 7.89. The van der Waals surface area contributed by atoms with Crippen molar-refractivity contribution >= 4 is 11.9 Å². The van der Waals surface area contributed by atoms with Gasteiger partial charge in [0.25, 0.3) is 0 Å². The standard InChI is InChI=1S/C21H29N3O3/c25-19(23-10-4-5-11-23)18-15-24(16-21(18)8-12-27-13-9-21)20(26)22-14-17-6-2-1-3-7-17/h1-3,6-7,18H,4-5,8-16H2,(H,22,26)/t18-/m1/s1. The van der Waals surface area contributed by atoms with Crippen molar-refractivity contribution < 1.29 is 14.3 Å². The molecule has 4 rings (SSSR count). The summed E-state index contributed by atoms with van der Waals surface area (Å²) in [6.45, 7) is 4.78. The molecule has 3 heterocycles. The van der Waals surface area contributed by atoms with Crippen LogP contribution in [0.1, 0.15) is 31.2 Å². The van der Waals surface area contributed by atoms with E-state index in [1.807, 2.05) is 40.1 Å². The SMILES string of the molecule is O=C(NCc1ccccc1)N1C[C@H](C(=O)N2CCCC2)C2(CCOCC2)C1. The second-order valence-corrected chi connectivity index (χ2v) is 8.08. The molecular formula is C21H29N3O3. The summed E-state index contributed by atoms with van der Waals surface area (Å²) < 4.78 is 5.57. The van der Waals surface area contributed by atoms with Gasteiger partial charge < -0.3 is 19.9 Å². The average molecular weight is 371 g/mol. The number of amides is 3. The monoisotopic (exact) mass is 371 g/mol. The van der Waals surface area contributed by atoms with Crippen LogP contribution in [0.15, 0.2) is 30.3 Å². The van der Waals surface area contributed by atoms with E-state index < -0.39 is 0 Å². The van der Waals surface area contributed by atoms with E-state index in [2.05, 4.69) is 5.32 Å². The molecule has 6 heteroatoms. The Morgan fingerprint density at radius 1 is 1.07 bits per heavy atom. The molecule has 1 aromatic carbocycles. The van der Waals surface area contributed by atoms with Crippen LogP contribution in [0.4, 0.5) is 4.79 Å². The molecule has 0 saturated carbocycles. The summed E-state index contributed by atoms with van der Waals surface area (Å²) >= 11 is 0. The van der Waals surface area contributed by atoms with Gasteiger partial charge in [0.15, 0.2) is 0 Å². The van der Waals surface area contributed by atoms with Crippen LogP contribution in [0, 0.1) is 11.3 Å². The highest BCUT2D eigenvalue weighted by atomic mass is 16.5. The summed E-state index contributed by atoms with van der Waals surface area (Å²) in [5, 5.41) is 3.02. The maximum atomic E-state index is 13.2. The van der Waals surface area contributed by atoms with Crippen LogP contribution in [-0.2, 0) is 16.1 Å². The first-order valence-corrected chi connectivity index (χ1v) is 10.1. The van der Waals surface area contributed by atoms with Gasteiger partial charge in [0, 0.05) is 51.4 Å². The Hall–Kier alpha value is -2.08. The molecule has 1 spiro atoms. The number of nitrogens with one attached hydrogen (secondary N) is 1. The van der Waals surface area contributed by atoms with E-state index in [0.29, 0.717) is 32.8 Å². The largest absolute Gasteiger partial charge is 0.381 e. The molecule has 0 radical (unpaired) electrons. The highest BCUT2D eigenvalue weighted by Crippen LogP contribution is 2.45. The molecule has 3 fully saturated rings. The summed E-state index contributed by atoms with van der Waals surface area (Å²) in [7, 11) is 0. The Balaban J connectivity index is 1.44. The third-order valence-electron chi connectivity index (χ3n) is 6.43. The Morgan fingerprint density at radius 3 is 2.48 bits per heavy atom. The van der Waals surface area contributed by atoms with E-state index in [1.165, 1.54) is 0 Å². The fraction of sp³-hybridized carbons (Fsp3) is 0.619. The number of hydrogen-bond donors (Lipinski definition) is 1. The van der Waals surface area contributed by atoms with Crippen molar-refractivity contribution in [1.82, 2.24) is 15.1 Å². The van der Waals surface area contributed by atoms with Gasteiger partial charge in [0.05, 0.1) is 5.92 Å². The zero-order valence-electron chi connectivity index (χ0n) is 15.9. The average Bonchev–Trinajstić information content (AvgIpc) is 3.36. The minimum absolute atomic E-state index is 0.0681. The fourth-order valence-corrected chi connectivity index (χ4v) is 4.79. The number of rotatable bonds is 3. The molecule has 3 aliphatic heterocycles. The molecule has 0 unspecified atom stereocenters. The summed E-state index contributed by atoms with van der Waals surface area (Å²) in [4.78, 5) is 29.8. The number of carbonyl (C=O) groups excluding carboxylic acids is 2. The molecule has 3 aliphatic rings. The maximum Gasteiger partial charge on any atom is 0.317 e. The van der Waals surface area contributed by atoms with Crippen LogP contribution in [0.3, 0.4) is 0 Å². The summed E-state index contributed by atoms with van der Waals surface area (Å²) in [5.74, 6) is 0.148. The van der Waals surface area contributed by atoms with Crippen molar-refractivity contribution in [3.63, 3.8) is 0 Å². The first-order chi connectivity index (χ1) is 13.2. The van der Waals surface area contributed by atoms with Gasteiger partial charge in [0.2, 0.25) is 5.91 Å². The predicted octanol–water partition coefficient (Wildman–Crippen LogP) is 2.25. The third-order valence-corrected chi connectivity index (χ3v) is 6.43. The highest BCUT2D eigenvalue weighted by molar-refractivity contribution is 5.83. The summed E-state index contributed by atoms with van der Waals surface area (Å²) in [6.07, 6.45) is 3.91. The zero-order valence-corrected chi connectivity index (χ0v) is 15.9. The van der Waals surface area contributed by atoms with Crippen LogP contribution in [0.2, 0.25) is 0 Å². The minimum Gasteiger partial charge on any atom is -0.381 e. The number of nitrogens with zero attached hydrogens (tertiary/aromatic N) is 2. The second-order valence-electron chi connectivity index (χ2n) is 8.08. The third kappa shape index (κ3) is 3.81. The van der Waals surface area contributed by atoms with Crippen LogP contribution in [0.25, 0.3) is 0 Å².